The molecule has 0 atom stereocenters. The number of thioether (sulfide) groups is 1. The summed E-state index contributed by atoms with van der Waals surface area (Å²) >= 11 is 1.62. The van der Waals surface area contributed by atoms with Crippen molar-refractivity contribution in [3.05, 3.63) is 23.9 Å². The molecule has 1 heterocycles. The lowest BCUT2D eigenvalue weighted by Gasteiger charge is -2.16. The molecular formula is C10H13NO2S. The first-order valence-corrected chi connectivity index (χ1v) is 5.08. The highest BCUT2D eigenvalue weighted by atomic mass is 32.2. The van der Waals surface area contributed by atoms with Crippen LogP contribution in [0, 0.1) is 0 Å². The molecule has 1 rings (SSSR count). The van der Waals surface area contributed by atoms with Gasteiger partial charge in [-0.3, -0.25) is 0 Å². The zero-order chi connectivity index (χ0) is 10.8. The Hall–Kier alpha value is -1.03. The molecule has 14 heavy (non-hydrogen) atoms. The van der Waals surface area contributed by atoms with E-state index < -0.39 is 5.97 Å². The lowest BCUT2D eigenvalue weighted by Crippen LogP contribution is -2.07. The van der Waals surface area contributed by atoms with Crippen LogP contribution in [0.3, 0.4) is 0 Å². The Morgan fingerprint density at radius 2 is 2.07 bits per heavy atom. The minimum atomic E-state index is -0.940. The van der Waals surface area contributed by atoms with Crippen LogP contribution >= 0.6 is 11.8 Å². The van der Waals surface area contributed by atoms with E-state index >= 15 is 0 Å². The smallest absolute Gasteiger partial charge is 0.337 e. The van der Waals surface area contributed by atoms with Crippen LogP contribution in [0.4, 0.5) is 0 Å². The third kappa shape index (κ3) is 3.38. The number of hydrogen-bond acceptors (Lipinski definition) is 3. The predicted octanol–water partition coefficient (Wildman–Crippen LogP) is 2.67. The van der Waals surface area contributed by atoms with Crippen molar-refractivity contribution in [3.8, 4) is 0 Å². The van der Waals surface area contributed by atoms with E-state index in [0.29, 0.717) is 0 Å². The largest absolute Gasteiger partial charge is 0.478 e. The molecule has 76 valence electrons. The second kappa shape index (κ2) is 4.00. The molecule has 0 saturated carbocycles. The summed E-state index contributed by atoms with van der Waals surface area (Å²) in [7, 11) is 0. The van der Waals surface area contributed by atoms with Crippen molar-refractivity contribution in [3.63, 3.8) is 0 Å². The van der Waals surface area contributed by atoms with Crippen molar-refractivity contribution in [1.82, 2.24) is 4.98 Å². The lowest BCUT2D eigenvalue weighted by molar-refractivity contribution is 0.0696. The monoisotopic (exact) mass is 211 g/mol. The van der Waals surface area contributed by atoms with Gasteiger partial charge in [-0.05, 0) is 12.1 Å². The summed E-state index contributed by atoms with van der Waals surface area (Å²) in [6.45, 7) is 6.26. The van der Waals surface area contributed by atoms with Crippen molar-refractivity contribution in [2.75, 3.05) is 0 Å². The van der Waals surface area contributed by atoms with Gasteiger partial charge in [0, 0.05) is 10.9 Å². The third-order valence-electron chi connectivity index (χ3n) is 1.39. The number of rotatable bonds is 2. The normalized spacial score (nSPS) is 11.4. The summed E-state index contributed by atoms with van der Waals surface area (Å²) in [6, 6.07) is 3.31. The molecule has 0 spiro atoms. The van der Waals surface area contributed by atoms with E-state index in [1.54, 1.807) is 23.9 Å². The number of aromatic carboxylic acids is 1. The van der Waals surface area contributed by atoms with Gasteiger partial charge in [0.15, 0.2) is 0 Å². The standard InChI is InChI=1S/C10H13NO2S/c1-10(2,3)14-8-5-4-7(6-11-8)9(12)13/h4-6H,1-3H3,(H,12,13). The van der Waals surface area contributed by atoms with Crippen LogP contribution in [0.1, 0.15) is 31.1 Å². The van der Waals surface area contributed by atoms with Gasteiger partial charge in [0.25, 0.3) is 0 Å². The van der Waals surface area contributed by atoms with Crippen LogP contribution in [0.25, 0.3) is 0 Å². The number of aromatic nitrogens is 1. The van der Waals surface area contributed by atoms with E-state index in [0.717, 1.165) is 5.03 Å². The zero-order valence-electron chi connectivity index (χ0n) is 8.44. The van der Waals surface area contributed by atoms with E-state index in [2.05, 4.69) is 25.8 Å². The molecule has 0 amide bonds. The van der Waals surface area contributed by atoms with Gasteiger partial charge in [0.2, 0.25) is 0 Å². The van der Waals surface area contributed by atoms with Crippen molar-refractivity contribution in [2.24, 2.45) is 0 Å². The molecule has 0 saturated heterocycles. The second-order valence-corrected chi connectivity index (χ2v) is 5.75. The first kappa shape index (κ1) is 11.0. The molecule has 0 radical (unpaired) electrons. The van der Waals surface area contributed by atoms with Crippen LogP contribution in [0.5, 0.6) is 0 Å². The summed E-state index contributed by atoms with van der Waals surface area (Å²) in [5, 5.41) is 9.51. The second-order valence-electron chi connectivity index (χ2n) is 3.90. The highest BCUT2D eigenvalue weighted by Gasteiger charge is 2.13. The van der Waals surface area contributed by atoms with Crippen molar-refractivity contribution < 1.29 is 9.90 Å². The molecule has 0 fully saturated rings. The molecular weight excluding hydrogens is 198 g/mol. The van der Waals surface area contributed by atoms with Gasteiger partial charge < -0.3 is 5.11 Å². The molecule has 1 N–H and O–H groups in total. The maximum absolute atomic E-state index is 10.6. The summed E-state index contributed by atoms with van der Waals surface area (Å²) in [5.74, 6) is -0.940. The van der Waals surface area contributed by atoms with Crippen molar-refractivity contribution in [1.29, 1.82) is 0 Å². The van der Waals surface area contributed by atoms with Gasteiger partial charge in [0.05, 0.1) is 10.6 Å². The summed E-state index contributed by atoms with van der Waals surface area (Å²) in [4.78, 5) is 14.6. The number of hydrogen-bond donors (Lipinski definition) is 1. The molecule has 0 aromatic carbocycles. The zero-order valence-corrected chi connectivity index (χ0v) is 9.26. The number of nitrogens with zero attached hydrogens (tertiary/aromatic N) is 1. The Labute approximate surface area is 87.6 Å². The van der Waals surface area contributed by atoms with E-state index in [4.69, 9.17) is 5.11 Å². The first-order chi connectivity index (χ1) is 6.38. The molecule has 1 aromatic rings. The molecule has 3 nitrogen and oxygen atoms in total. The molecule has 1 aromatic heterocycles. The Balaban J connectivity index is 2.79. The van der Waals surface area contributed by atoms with Crippen LogP contribution in [-0.2, 0) is 0 Å². The molecule has 4 heteroatoms. The Morgan fingerprint density at radius 3 is 2.43 bits per heavy atom. The van der Waals surface area contributed by atoms with Crippen LogP contribution in [0.2, 0.25) is 0 Å². The van der Waals surface area contributed by atoms with Gasteiger partial charge in [0.1, 0.15) is 0 Å². The maximum atomic E-state index is 10.6. The number of carbonyl (C=O) groups is 1. The van der Waals surface area contributed by atoms with E-state index in [1.165, 1.54) is 6.20 Å². The molecule has 0 unspecified atom stereocenters. The van der Waals surface area contributed by atoms with Gasteiger partial charge in [-0.1, -0.05) is 20.8 Å². The average Bonchev–Trinajstić information content (AvgIpc) is 2.02. The SMILES string of the molecule is CC(C)(C)Sc1ccc(C(=O)O)cn1. The van der Waals surface area contributed by atoms with Crippen LogP contribution in [0.15, 0.2) is 23.4 Å². The fourth-order valence-electron chi connectivity index (χ4n) is 0.881. The number of carboxylic acid groups (broad SMARTS) is 1. The maximum Gasteiger partial charge on any atom is 0.337 e. The third-order valence-corrected chi connectivity index (χ3v) is 2.46. The van der Waals surface area contributed by atoms with E-state index in [1.807, 2.05) is 0 Å². The lowest BCUT2D eigenvalue weighted by atomic mass is 10.3. The quantitative estimate of drug-likeness (QED) is 0.764. The highest BCUT2D eigenvalue weighted by Crippen LogP contribution is 2.29. The number of carboxylic acids is 1. The van der Waals surface area contributed by atoms with Crippen molar-refractivity contribution >= 4 is 17.7 Å². The average molecular weight is 211 g/mol. The fourth-order valence-corrected chi connectivity index (χ4v) is 1.75. The predicted molar refractivity (Wildman–Crippen MR) is 56.8 cm³/mol. The molecule has 0 bridgehead atoms. The molecule has 0 aliphatic heterocycles. The highest BCUT2D eigenvalue weighted by molar-refractivity contribution is 8.00. The fraction of sp³-hybridized carbons (Fsp3) is 0.400. The summed E-state index contributed by atoms with van der Waals surface area (Å²) < 4.78 is 0.0950. The number of pyridine rings is 1. The molecule has 0 aliphatic rings. The van der Waals surface area contributed by atoms with E-state index in [9.17, 15) is 4.79 Å². The van der Waals surface area contributed by atoms with E-state index in [-0.39, 0.29) is 10.3 Å². The van der Waals surface area contributed by atoms with Gasteiger partial charge in [-0.15, -0.1) is 11.8 Å². The van der Waals surface area contributed by atoms with Gasteiger partial charge in [-0.25, -0.2) is 9.78 Å². The van der Waals surface area contributed by atoms with Crippen LogP contribution in [-0.4, -0.2) is 20.8 Å². The topological polar surface area (TPSA) is 50.2 Å². The summed E-state index contributed by atoms with van der Waals surface area (Å²) in [5.41, 5.74) is 0.225. The summed E-state index contributed by atoms with van der Waals surface area (Å²) in [6.07, 6.45) is 1.39. The van der Waals surface area contributed by atoms with Gasteiger partial charge >= 0.3 is 5.97 Å². The Kier molecular flexibility index (Phi) is 3.16. The van der Waals surface area contributed by atoms with Crippen molar-refractivity contribution in [2.45, 2.75) is 30.5 Å². The van der Waals surface area contributed by atoms with Crippen LogP contribution < -0.4 is 0 Å². The molecule has 0 aliphatic carbocycles. The Morgan fingerprint density at radius 1 is 1.43 bits per heavy atom. The minimum absolute atomic E-state index is 0.0950. The van der Waals surface area contributed by atoms with Gasteiger partial charge in [-0.2, -0.15) is 0 Å². The Bertz CT molecular complexity index is 327. The minimum Gasteiger partial charge on any atom is -0.478 e. The first-order valence-electron chi connectivity index (χ1n) is 4.27.